The molecular weight excluding hydrogens is 352 g/mol. The number of fused-ring (bicyclic) bond motifs is 2. The molecule has 0 spiro atoms. The Morgan fingerprint density at radius 2 is 1.75 bits per heavy atom. The number of hydrogen-bond donors (Lipinski definition) is 1. The van der Waals surface area contributed by atoms with Crippen molar-refractivity contribution in [1.29, 1.82) is 0 Å². The highest BCUT2D eigenvalue weighted by atomic mass is 16.3. The van der Waals surface area contributed by atoms with Crippen LogP contribution in [0.5, 0.6) is 0 Å². The number of aryl methyl sites for hydroxylation is 2. The minimum absolute atomic E-state index is 0.0510. The molecule has 2 aromatic carbocycles. The summed E-state index contributed by atoms with van der Waals surface area (Å²) in [5, 5.41) is 3.96. The highest BCUT2D eigenvalue weighted by Gasteiger charge is 2.17. The number of furan rings is 1. The van der Waals surface area contributed by atoms with Gasteiger partial charge in [0.1, 0.15) is 5.58 Å². The number of carbonyl (C=O) groups excluding carboxylic acids is 2. The summed E-state index contributed by atoms with van der Waals surface area (Å²) in [5.74, 6) is -0.0320. The van der Waals surface area contributed by atoms with Crippen molar-refractivity contribution in [3.63, 3.8) is 0 Å². The van der Waals surface area contributed by atoms with E-state index >= 15 is 0 Å². The van der Waals surface area contributed by atoms with Crippen LogP contribution in [0.3, 0.4) is 0 Å². The third-order valence-electron chi connectivity index (χ3n) is 5.31. The smallest absolute Gasteiger partial charge is 0.228 e. The molecule has 5 heteroatoms. The molecule has 0 radical (unpaired) electrons. The molecule has 1 aliphatic rings. The Morgan fingerprint density at radius 1 is 1.04 bits per heavy atom. The van der Waals surface area contributed by atoms with Crippen LogP contribution in [0.4, 0.5) is 5.69 Å². The van der Waals surface area contributed by atoms with Crippen molar-refractivity contribution in [3.8, 4) is 0 Å². The van der Waals surface area contributed by atoms with Crippen LogP contribution in [0.1, 0.15) is 28.7 Å². The highest BCUT2D eigenvalue weighted by molar-refractivity contribution is 5.95. The van der Waals surface area contributed by atoms with E-state index in [-0.39, 0.29) is 18.2 Å². The molecule has 0 saturated carbocycles. The fraction of sp³-hybridized carbons (Fsp3) is 0.304. The van der Waals surface area contributed by atoms with Gasteiger partial charge in [-0.2, -0.15) is 0 Å². The molecule has 144 valence electrons. The molecule has 1 N–H and O–H groups in total. The standard InChI is InChI=1S/C23H24N2O3/c1-25(2)23(27)10-15-6-8-19(9-7-15)24-22(26)13-18-14-28-21-12-17-5-3-4-16(17)11-20(18)21/h6-9,11-12,14H,3-5,10,13H2,1-2H3,(H,24,26). The first-order chi connectivity index (χ1) is 13.5. The number of anilines is 1. The number of nitrogens with one attached hydrogen (secondary N) is 1. The van der Waals surface area contributed by atoms with Gasteiger partial charge in [0.2, 0.25) is 11.8 Å². The Hall–Kier alpha value is -3.08. The zero-order valence-electron chi connectivity index (χ0n) is 16.2. The lowest BCUT2D eigenvalue weighted by molar-refractivity contribution is -0.128. The summed E-state index contributed by atoms with van der Waals surface area (Å²) >= 11 is 0. The van der Waals surface area contributed by atoms with E-state index in [1.165, 1.54) is 17.5 Å². The van der Waals surface area contributed by atoms with Gasteiger partial charge in [0.15, 0.2) is 0 Å². The van der Waals surface area contributed by atoms with Crippen molar-refractivity contribution in [2.45, 2.75) is 32.1 Å². The maximum absolute atomic E-state index is 12.5. The summed E-state index contributed by atoms with van der Waals surface area (Å²) in [6, 6.07) is 11.7. The number of amides is 2. The van der Waals surface area contributed by atoms with Gasteiger partial charge in [-0.1, -0.05) is 12.1 Å². The zero-order chi connectivity index (χ0) is 19.7. The second-order valence-corrected chi connectivity index (χ2v) is 7.62. The summed E-state index contributed by atoms with van der Waals surface area (Å²) in [6.45, 7) is 0. The lowest BCUT2D eigenvalue weighted by atomic mass is 10.0. The Kier molecular flexibility index (Phi) is 4.90. The average Bonchev–Trinajstić information content (AvgIpc) is 3.28. The van der Waals surface area contributed by atoms with E-state index in [0.29, 0.717) is 6.42 Å². The van der Waals surface area contributed by atoms with Crippen molar-refractivity contribution in [1.82, 2.24) is 4.90 Å². The minimum Gasteiger partial charge on any atom is -0.464 e. The first-order valence-electron chi connectivity index (χ1n) is 9.60. The molecule has 0 fully saturated rings. The average molecular weight is 376 g/mol. The van der Waals surface area contributed by atoms with Gasteiger partial charge in [-0.25, -0.2) is 0 Å². The first kappa shape index (κ1) is 18.3. The van der Waals surface area contributed by atoms with Crippen LogP contribution in [0.2, 0.25) is 0 Å². The number of nitrogens with zero attached hydrogens (tertiary/aromatic N) is 1. The Labute approximate surface area is 164 Å². The van der Waals surface area contributed by atoms with E-state index < -0.39 is 0 Å². The number of rotatable bonds is 5. The quantitative estimate of drug-likeness (QED) is 0.738. The van der Waals surface area contributed by atoms with E-state index in [4.69, 9.17) is 4.42 Å². The monoisotopic (exact) mass is 376 g/mol. The Bertz CT molecular complexity index is 1030. The van der Waals surface area contributed by atoms with E-state index in [0.717, 1.165) is 40.6 Å². The largest absolute Gasteiger partial charge is 0.464 e. The maximum atomic E-state index is 12.5. The molecule has 1 aliphatic carbocycles. The molecule has 1 aromatic heterocycles. The van der Waals surface area contributed by atoms with E-state index in [1.54, 1.807) is 25.3 Å². The predicted octanol–water partition coefficient (Wildman–Crippen LogP) is 3.73. The number of carbonyl (C=O) groups is 2. The summed E-state index contributed by atoms with van der Waals surface area (Å²) in [4.78, 5) is 25.8. The maximum Gasteiger partial charge on any atom is 0.228 e. The summed E-state index contributed by atoms with van der Waals surface area (Å²) < 4.78 is 5.68. The van der Waals surface area contributed by atoms with Gasteiger partial charge in [-0.15, -0.1) is 0 Å². The summed E-state index contributed by atoms with van der Waals surface area (Å²) in [6.07, 6.45) is 5.71. The lowest BCUT2D eigenvalue weighted by Crippen LogP contribution is -2.23. The topological polar surface area (TPSA) is 62.6 Å². The third kappa shape index (κ3) is 3.79. The van der Waals surface area contributed by atoms with Crippen LogP contribution in [0.15, 0.2) is 47.1 Å². The molecule has 1 heterocycles. The predicted molar refractivity (Wildman–Crippen MR) is 109 cm³/mol. The fourth-order valence-corrected chi connectivity index (χ4v) is 3.70. The Morgan fingerprint density at radius 3 is 2.46 bits per heavy atom. The molecular formula is C23H24N2O3. The van der Waals surface area contributed by atoms with Crippen LogP contribution < -0.4 is 5.32 Å². The lowest BCUT2D eigenvalue weighted by Gasteiger charge is -2.10. The molecule has 0 bridgehead atoms. The highest BCUT2D eigenvalue weighted by Crippen LogP contribution is 2.30. The van der Waals surface area contributed by atoms with Gasteiger partial charge in [-0.3, -0.25) is 9.59 Å². The molecule has 28 heavy (non-hydrogen) atoms. The van der Waals surface area contributed by atoms with Crippen molar-refractivity contribution in [2.24, 2.45) is 0 Å². The molecule has 4 rings (SSSR count). The van der Waals surface area contributed by atoms with Crippen LogP contribution in [-0.4, -0.2) is 30.8 Å². The van der Waals surface area contributed by atoms with Gasteiger partial charge in [0.25, 0.3) is 0 Å². The van der Waals surface area contributed by atoms with E-state index in [1.807, 2.05) is 24.3 Å². The molecule has 0 atom stereocenters. The summed E-state index contributed by atoms with van der Waals surface area (Å²) in [5.41, 5.74) is 6.16. The third-order valence-corrected chi connectivity index (χ3v) is 5.31. The van der Waals surface area contributed by atoms with Crippen molar-refractivity contribution in [3.05, 3.63) is 64.9 Å². The Balaban J connectivity index is 1.42. The van der Waals surface area contributed by atoms with Crippen molar-refractivity contribution < 1.29 is 14.0 Å². The molecule has 5 nitrogen and oxygen atoms in total. The zero-order valence-corrected chi connectivity index (χ0v) is 16.2. The fourth-order valence-electron chi connectivity index (χ4n) is 3.70. The molecule has 2 amide bonds. The number of benzene rings is 2. The SMILES string of the molecule is CN(C)C(=O)Cc1ccc(NC(=O)Cc2coc3cc4c(cc23)CCC4)cc1. The molecule has 0 aliphatic heterocycles. The van der Waals surface area contributed by atoms with Gasteiger partial charge < -0.3 is 14.6 Å². The number of hydrogen-bond acceptors (Lipinski definition) is 3. The normalized spacial score (nSPS) is 12.8. The van der Waals surface area contributed by atoms with Gasteiger partial charge in [0, 0.05) is 30.7 Å². The van der Waals surface area contributed by atoms with Crippen LogP contribution >= 0.6 is 0 Å². The molecule has 3 aromatic rings. The number of likely N-dealkylation sites (N-methyl/N-ethyl adjacent to an activating group) is 1. The second-order valence-electron chi connectivity index (χ2n) is 7.62. The van der Waals surface area contributed by atoms with Crippen LogP contribution in [0.25, 0.3) is 11.0 Å². The summed E-state index contributed by atoms with van der Waals surface area (Å²) in [7, 11) is 3.48. The van der Waals surface area contributed by atoms with Gasteiger partial charge >= 0.3 is 0 Å². The molecule has 0 unspecified atom stereocenters. The van der Waals surface area contributed by atoms with Crippen LogP contribution in [0, 0.1) is 0 Å². The van der Waals surface area contributed by atoms with Gasteiger partial charge in [0.05, 0.1) is 19.1 Å². The molecule has 0 saturated heterocycles. The van der Waals surface area contributed by atoms with E-state index in [9.17, 15) is 9.59 Å². The minimum atomic E-state index is -0.0830. The van der Waals surface area contributed by atoms with Crippen LogP contribution in [-0.2, 0) is 35.3 Å². The van der Waals surface area contributed by atoms with Crippen molar-refractivity contribution >= 4 is 28.5 Å². The van der Waals surface area contributed by atoms with Crippen molar-refractivity contribution in [2.75, 3.05) is 19.4 Å². The van der Waals surface area contributed by atoms with E-state index in [2.05, 4.69) is 17.4 Å². The van der Waals surface area contributed by atoms with Gasteiger partial charge in [-0.05, 0) is 60.2 Å². The second kappa shape index (κ2) is 7.50. The first-order valence-corrected chi connectivity index (χ1v) is 9.60.